The number of anilines is 1. The highest BCUT2D eigenvalue weighted by Gasteiger charge is 2.22. The van der Waals surface area contributed by atoms with E-state index in [9.17, 15) is 18.3 Å². The summed E-state index contributed by atoms with van der Waals surface area (Å²) in [6.07, 6.45) is 1.03. The largest absolute Gasteiger partial charge is 0.493 e. The van der Waals surface area contributed by atoms with Crippen LogP contribution < -0.4 is 4.31 Å². The van der Waals surface area contributed by atoms with Gasteiger partial charge in [0.2, 0.25) is 15.9 Å². The number of hydrogen-bond acceptors (Lipinski definition) is 5. The molecular weight excluding hydrogens is 380 g/mol. The molecule has 0 aliphatic heterocycles. The molecule has 8 nitrogen and oxygen atoms in total. The fraction of sp³-hybridized carbons (Fsp3) is 0.211. The molecule has 0 saturated heterocycles. The first-order valence-electron chi connectivity index (χ1n) is 8.46. The van der Waals surface area contributed by atoms with Crippen LogP contribution in [0, 0.1) is 13.8 Å². The van der Waals surface area contributed by atoms with Crippen molar-refractivity contribution in [3.05, 3.63) is 53.6 Å². The summed E-state index contributed by atoms with van der Waals surface area (Å²) in [5, 5.41) is 18.0. The number of aromatic nitrogens is 1. The third-order valence-corrected chi connectivity index (χ3v) is 5.36. The molecule has 0 fully saturated rings. The summed E-state index contributed by atoms with van der Waals surface area (Å²) in [6.45, 7) is 3.11. The number of fused-ring (bicyclic) bond motifs is 1. The van der Waals surface area contributed by atoms with E-state index in [0.29, 0.717) is 16.6 Å². The van der Waals surface area contributed by atoms with Crippen LogP contribution in [0.4, 0.5) is 11.4 Å². The Morgan fingerprint density at radius 1 is 1.18 bits per heavy atom. The van der Waals surface area contributed by atoms with E-state index in [4.69, 9.17) is 0 Å². The molecule has 1 amide bonds. The first kappa shape index (κ1) is 19.6. The van der Waals surface area contributed by atoms with Crippen molar-refractivity contribution in [2.45, 2.75) is 13.8 Å². The Hall–Kier alpha value is -3.20. The van der Waals surface area contributed by atoms with E-state index in [0.717, 1.165) is 21.7 Å². The minimum Gasteiger partial charge on any atom is -0.493 e. The van der Waals surface area contributed by atoms with Crippen LogP contribution in [0.3, 0.4) is 0 Å². The number of nitrogens with one attached hydrogen (secondary N) is 1. The minimum atomic E-state index is -3.71. The molecule has 0 aliphatic rings. The maximum absolute atomic E-state index is 12.4. The van der Waals surface area contributed by atoms with E-state index in [2.05, 4.69) is 15.2 Å². The van der Waals surface area contributed by atoms with Crippen LogP contribution in [0.1, 0.15) is 11.1 Å². The number of aryl methyl sites for hydroxylation is 2. The maximum Gasteiger partial charge on any atom is 0.285 e. The molecule has 0 saturated carbocycles. The smallest absolute Gasteiger partial charge is 0.285 e. The fourth-order valence-electron chi connectivity index (χ4n) is 2.84. The Kier molecular flexibility index (Phi) is 5.19. The van der Waals surface area contributed by atoms with Gasteiger partial charge in [0.25, 0.3) is 5.91 Å². The molecule has 146 valence electrons. The lowest BCUT2D eigenvalue weighted by Gasteiger charge is -2.22. The van der Waals surface area contributed by atoms with Gasteiger partial charge in [0.15, 0.2) is 5.69 Å². The zero-order valence-corrected chi connectivity index (χ0v) is 16.5. The van der Waals surface area contributed by atoms with E-state index in [-0.39, 0.29) is 11.6 Å². The SMILES string of the molecule is Cc1ccc(C)c(N(CC(=O)N=Nc2c(O)[nH]c3ccccc23)S(C)(=O)=O)c1. The molecule has 2 aromatic carbocycles. The van der Waals surface area contributed by atoms with Crippen molar-refractivity contribution in [3.63, 3.8) is 0 Å². The third kappa shape index (κ3) is 4.04. The summed E-state index contributed by atoms with van der Waals surface area (Å²) in [5.74, 6) is -0.969. The normalized spacial score (nSPS) is 12.0. The molecule has 0 radical (unpaired) electrons. The van der Waals surface area contributed by atoms with E-state index in [1.165, 1.54) is 0 Å². The van der Waals surface area contributed by atoms with E-state index in [1.54, 1.807) is 43.3 Å². The van der Waals surface area contributed by atoms with Gasteiger partial charge < -0.3 is 10.1 Å². The molecule has 28 heavy (non-hydrogen) atoms. The van der Waals surface area contributed by atoms with Crippen molar-refractivity contribution in [2.24, 2.45) is 10.2 Å². The van der Waals surface area contributed by atoms with Crippen LogP contribution in [0.25, 0.3) is 10.9 Å². The number of carbonyl (C=O) groups excluding carboxylic acids is 1. The summed E-state index contributed by atoms with van der Waals surface area (Å²) in [5.41, 5.74) is 2.78. The maximum atomic E-state index is 12.4. The zero-order chi connectivity index (χ0) is 20.5. The van der Waals surface area contributed by atoms with Gasteiger partial charge >= 0.3 is 0 Å². The number of azo groups is 1. The van der Waals surface area contributed by atoms with Gasteiger partial charge in [-0.1, -0.05) is 30.3 Å². The molecular formula is C19H20N4O4S. The van der Waals surface area contributed by atoms with Crippen LogP contribution in [-0.2, 0) is 14.8 Å². The molecule has 0 aliphatic carbocycles. The number of rotatable bonds is 5. The van der Waals surface area contributed by atoms with Crippen LogP contribution in [0.15, 0.2) is 52.7 Å². The average molecular weight is 400 g/mol. The molecule has 3 aromatic rings. The number of aromatic amines is 1. The molecule has 2 N–H and O–H groups in total. The van der Waals surface area contributed by atoms with Gasteiger partial charge in [0, 0.05) is 5.39 Å². The summed E-state index contributed by atoms with van der Waals surface area (Å²) in [7, 11) is -3.71. The number of benzene rings is 2. The van der Waals surface area contributed by atoms with Crippen molar-refractivity contribution in [1.82, 2.24) is 4.98 Å². The van der Waals surface area contributed by atoms with Crippen molar-refractivity contribution < 1.29 is 18.3 Å². The number of amides is 1. The first-order chi connectivity index (χ1) is 13.2. The fourth-order valence-corrected chi connectivity index (χ4v) is 3.74. The molecule has 3 rings (SSSR count). The molecule has 1 aromatic heterocycles. The Bertz CT molecular complexity index is 1180. The van der Waals surface area contributed by atoms with Crippen LogP contribution >= 0.6 is 0 Å². The van der Waals surface area contributed by atoms with Gasteiger partial charge in [-0.25, -0.2) is 8.42 Å². The first-order valence-corrected chi connectivity index (χ1v) is 10.3. The predicted octanol–water partition coefficient (Wildman–Crippen LogP) is 3.57. The van der Waals surface area contributed by atoms with Gasteiger partial charge in [-0.3, -0.25) is 9.10 Å². The molecule has 0 spiro atoms. The Balaban J connectivity index is 1.90. The molecule has 9 heteroatoms. The van der Waals surface area contributed by atoms with Crippen molar-refractivity contribution in [3.8, 4) is 5.88 Å². The number of para-hydroxylation sites is 1. The van der Waals surface area contributed by atoms with Gasteiger partial charge in [-0.05, 0) is 37.1 Å². The topological polar surface area (TPSA) is 115 Å². The number of nitrogens with zero attached hydrogens (tertiary/aromatic N) is 3. The van der Waals surface area contributed by atoms with E-state index in [1.807, 2.05) is 13.0 Å². The van der Waals surface area contributed by atoms with Gasteiger partial charge in [0.05, 0.1) is 17.5 Å². The summed E-state index contributed by atoms with van der Waals surface area (Å²) >= 11 is 0. The second-order valence-corrected chi connectivity index (χ2v) is 8.43. The Labute approximate surface area is 162 Å². The van der Waals surface area contributed by atoms with Crippen molar-refractivity contribution in [2.75, 3.05) is 17.1 Å². The Morgan fingerprint density at radius 2 is 1.89 bits per heavy atom. The lowest BCUT2D eigenvalue weighted by Crippen LogP contribution is -2.34. The highest BCUT2D eigenvalue weighted by atomic mass is 32.2. The lowest BCUT2D eigenvalue weighted by atomic mass is 10.1. The molecule has 0 unspecified atom stereocenters. The highest BCUT2D eigenvalue weighted by Crippen LogP contribution is 2.35. The van der Waals surface area contributed by atoms with E-state index < -0.39 is 22.5 Å². The lowest BCUT2D eigenvalue weighted by molar-refractivity contribution is -0.116. The van der Waals surface area contributed by atoms with Gasteiger partial charge in [0.1, 0.15) is 6.54 Å². The number of aromatic hydroxyl groups is 1. The standard InChI is InChI=1S/C19H20N4O4S/c1-12-8-9-13(2)16(10-12)23(28(3,26)27)11-17(24)21-22-18-14-6-4-5-7-15(14)20-19(18)25/h4-10,20,25H,11H2,1-3H3. The molecule has 1 heterocycles. The highest BCUT2D eigenvalue weighted by molar-refractivity contribution is 7.92. The number of hydrogen-bond donors (Lipinski definition) is 2. The molecule has 0 bridgehead atoms. The van der Waals surface area contributed by atoms with Crippen LogP contribution in [0.5, 0.6) is 5.88 Å². The quantitative estimate of drug-likeness (QED) is 0.637. The number of carbonyl (C=O) groups is 1. The number of H-pyrrole nitrogens is 1. The summed E-state index contributed by atoms with van der Waals surface area (Å²) in [6, 6.07) is 12.4. The van der Waals surface area contributed by atoms with E-state index >= 15 is 0 Å². The number of sulfonamides is 1. The predicted molar refractivity (Wildman–Crippen MR) is 108 cm³/mol. The average Bonchev–Trinajstić information content (AvgIpc) is 2.94. The van der Waals surface area contributed by atoms with Gasteiger partial charge in [-0.15, -0.1) is 10.2 Å². The van der Waals surface area contributed by atoms with Crippen molar-refractivity contribution in [1.29, 1.82) is 0 Å². The second-order valence-electron chi connectivity index (χ2n) is 6.52. The second kappa shape index (κ2) is 7.43. The summed E-state index contributed by atoms with van der Waals surface area (Å²) < 4.78 is 25.5. The van der Waals surface area contributed by atoms with Crippen LogP contribution in [-0.4, -0.2) is 37.2 Å². The Morgan fingerprint density at radius 3 is 2.61 bits per heavy atom. The minimum absolute atomic E-state index is 0.126. The van der Waals surface area contributed by atoms with Crippen molar-refractivity contribution >= 4 is 38.2 Å². The zero-order valence-electron chi connectivity index (χ0n) is 15.7. The third-order valence-electron chi connectivity index (χ3n) is 4.23. The van der Waals surface area contributed by atoms with Crippen LogP contribution in [0.2, 0.25) is 0 Å². The molecule has 0 atom stereocenters. The van der Waals surface area contributed by atoms with Gasteiger partial charge in [-0.2, -0.15) is 0 Å². The monoisotopic (exact) mass is 400 g/mol. The summed E-state index contributed by atoms with van der Waals surface area (Å²) in [4.78, 5) is 15.1.